The van der Waals surface area contributed by atoms with Crippen LogP contribution in [-0.2, 0) is 5.41 Å². The molecule has 10 rings (SSSR count). The van der Waals surface area contributed by atoms with E-state index in [9.17, 15) is 0 Å². The fourth-order valence-corrected chi connectivity index (χ4v) is 9.78. The molecule has 54 heavy (non-hydrogen) atoms. The lowest BCUT2D eigenvalue weighted by Crippen LogP contribution is -2.17. The minimum atomic E-state index is -0.179. The van der Waals surface area contributed by atoms with Gasteiger partial charge in [-0.2, -0.15) is 0 Å². The number of benzene rings is 8. The highest BCUT2D eigenvalue weighted by molar-refractivity contribution is 7.25. The van der Waals surface area contributed by atoms with Crippen LogP contribution in [0.3, 0.4) is 0 Å². The molecule has 0 saturated carbocycles. The summed E-state index contributed by atoms with van der Waals surface area (Å²) in [7, 11) is 0. The molecule has 0 atom stereocenters. The topological polar surface area (TPSA) is 36.2 Å². The maximum absolute atomic E-state index is 9.05. The summed E-state index contributed by atoms with van der Waals surface area (Å²) in [6.45, 7) is 4.77. The van der Waals surface area contributed by atoms with Gasteiger partial charge in [-0.1, -0.05) is 159 Å². The Balaban J connectivity index is 1.10. The van der Waals surface area contributed by atoms with Gasteiger partial charge in [-0.15, -0.1) is 11.3 Å². The average molecular weight is 709 g/mol. The maximum atomic E-state index is 9.05. The first kappa shape index (κ1) is 32.2. The number of aliphatic imine (C=N–C) groups is 1. The summed E-state index contributed by atoms with van der Waals surface area (Å²) in [6.07, 6.45) is 3.88. The number of rotatable bonds is 6. The molecular weight excluding hydrogens is 673 g/mol. The summed E-state index contributed by atoms with van der Waals surface area (Å²) >= 11 is 1.81. The largest absolute Gasteiger partial charge is 0.300 e. The Labute approximate surface area is 318 Å². The van der Waals surface area contributed by atoms with E-state index in [1.165, 1.54) is 69.7 Å². The first-order chi connectivity index (χ1) is 26.5. The van der Waals surface area contributed by atoms with E-state index in [0.717, 1.165) is 27.8 Å². The van der Waals surface area contributed by atoms with Gasteiger partial charge in [0.05, 0.1) is 11.4 Å². The Morgan fingerprint density at radius 2 is 1.17 bits per heavy atom. The lowest BCUT2D eigenvalue weighted by Gasteiger charge is -2.26. The summed E-state index contributed by atoms with van der Waals surface area (Å²) < 4.78 is 2.52. The van der Waals surface area contributed by atoms with E-state index in [1.807, 2.05) is 54.0 Å². The van der Waals surface area contributed by atoms with Gasteiger partial charge in [0, 0.05) is 42.9 Å². The van der Waals surface area contributed by atoms with Crippen LogP contribution in [0, 0.1) is 5.41 Å². The normalized spacial score (nSPS) is 13.6. The van der Waals surface area contributed by atoms with Crippen molar-refractivity contribution in [2.24, 2.45) is 4.99 Å². The molecule has 3 heteroatoms. The first-order valence-electron chi connectivity index (χ1n) is 18.5. The zero-order chi connectivity index (χ0) is 36.4. The monoisotopic (exact) mass is 708 g/mol. The molecule has 1 aliphatic rings. The van der Waals surface area contributed by atoms with Crippen molar-refractivity contribution in [3.8, 4) is 22.3 Å². The number of thiophene rings is 1. The van der Waals surface area contributed by atoms with E-state index < -0.39 is 0 Å². The lowest BCUT2D eigenvalue weighted by molar-refractivity contribution is 0.668. The SMILES string of the molecule is CC1(C)c2c(cccc2-c2ccc(C=N/C(=C\C(=N)c3ccccc3)c3ccc4sc5ccccc5c4c3)c3ccccc23)-c2ccc3ccccc3c21. The van der Waals surface area contributed by atoms with Crippen molar-refractivity contribution in [1.82, 2.24) is 0 Å². The zero-order valence-electron chi connectivity index (χ0n) is 30.1. The van der Waals surface area contributed by atoms with Gasteiger partial charge in [0.2, 0.25) is 0 Å². The Morgan fingerprint density at radius 1 is 0.519 bits per heavy atom. The van der Waals surface area contributed by atoms with E-state index in [-0.39, 0.29) is 5.41 Å². The van der Waals surface area contributed by atoms with Crippen LogP contribution in [-0.4, -0.2) is 11.9 Å². The van der Waals surface area contributed by atoms with Crippen LogP contribution in [0.2, 0.25) is 0 Å². The predicted octanol–water partition coefficient (Wildman–Crippen LogP) is 13.9. The van der Waals surface area contributed by atoms with Crippen molar-refractivity contribution < 1.29 is 0 Å². The highest BCUT2D eigenvalue weighted by Gasteiger charge is 2.39. The Hall–Kier alpha value is -6.42. The minimum Gasteiger partial charge on any atom is -0.300 e. The Morgan fingerprint density at radius 3 is 2.00 bits per heavy atom. The van der Waals surface area contributed by atoms with E-state index in [2.05, 4.69) is 147 Å². The van der Waals surface area contributed by atoms with Crippen LogP contribution in [0.1, 0.15) is 41.7 Å². The molecule has 8 aromatic carbocycles. The molecule has 0 fully saturated rings. The summed E-state index contributed by atoms with van der Waals surface area (Å²) in [6, 6.07) is 58.3. The molecule has 0 radical (unpaired) electrons. The third-order valence-corrected chi connectivity index (χ3v) is 12.3. The molecule has 0 aliphatic heterocycles. The van der Waals surface area contributed by atoms with Crippen LogP contribution >= 0.6 is 11.3 Å². The second-order valence-corrected chi connectivity index (χ2v) is 15.8. The first-order valence-corrected chi connectivity index (χ1v) is 19.3. The van der Waals surface area contributed by atoms with Gasteiger partial charge in [-0.05, 0) is 84.8 Å². The van der Waals surface area contributed by atoms with Crippen molar-refractivity contribution in [1.29, 1.82) is 5.41 Å². The van der Waals surface area contributed by atoms with E-state index in [1.54, 1.807) is 0 Å². The highest BCUT2D eigenvalue weighted by Crippen LogP contribution is 2.54. The molecule has 256 valence electrons. The molecule has 1 N–H and O–H groups in total. The van der Waals surface area contributed by atoms with Gasteiger partial charge >= 0.3 is 0 Å². The Bertz CT molecular complexity index is 3030. The van der Waals surface area contributed by atoms with E-state index in [0.29, 0.717) is 5.71 Å². The van der Waals surface area contributed by atoms with Crippen molar-refractivity contribution in [3.63, 3.8) is 0 Å². The molecule has 1 aliphatic carbocycles. The van der Waals surface area contributed by atoms with E-state index in [4.69, 9.17) is 10.4 Å². The minimum absolute atomic E-state index is 0.179. The number of nitrogens with zero attached hydrogens (tertiary/aromatic N) is 1. The summed E-state index contributed by atoms with van der Waals surface area (Å²) in [5.74, 6) is 0. The number of hydrogen-bond acceptors (Lipinski definition) is 3. The van der Waals surface area contributed by atoms with Crippen LogP contribution in [0.4, 0.5) is 0 Å². The molecule has 1 aromatic heterocycles. The Kier molecular flexibility index (Phi) is 7.53. The number of nitrogens with one attached hydrogen (secondary N) is 1. The number of allylic oxidation sites excluding steroid dienone is 1. The van der Waals surface area contributed by atoms with Gasteiger partial charge in [0.25, 0.3) is 0 Å². The van der Waals surface area contributed by atoms with Gasteiger partial charge in [-0.3, -0.25) is 4.99 Å². The highest BCUT2D eigenvalue weighted by atomic mass is 32.1. The van der Waals surface area contributed by atoms with Crippen molar-refractivity contribution in [3.05, 3.63) is 198 Å². The molecule has 0 spiro atoms. The van der Waals surface area contributed by atoms with Crippen molar-refractivity contribution in [2.45, 2.75) is 19.3 Å². The quantitative estimate of drug-likeness (QED) is 0.167. The fourth-order valence-electron chi connectivity index (χ4n) is 8.70. The number of fused-ring (bicyclic) bond motifs is 9. The molecule has 2 nitrogen and oxygen atoms in total. The van der Waals surface area contributed by atoms with Crippen LogP contribution in [0.15, 0.2) is 175 Å². The third kappa shape index (κ3) is 5.15. The van der Waals surface area contributed by atoms with Gasteiger partial charge < -0.3 is 5.41 Å². The fraction of sp³-hybridized carbons (Fsp3) is 0.0588. The standard InChI is InChI=1S/C51H36N2S/c1-51(2)49-37-17-7-6-13-32(37)23-27-43(49)42-21-12-20-41(50(42)51)39-26-24-35(36-16-8-9-18-38(36)39)31-53-46(30-45(52)33-14-4-3-5-15-33)34-25-28-48-44(29-34)40-19-10-11-22-47(40)54-48/h3-31,52H,1-2H3/b46-30-,52-45?,53-31?. The molecule has 0 unspecified atom stereocenters. The molecule has 0 saturated heterocycles. The van der Waals surface area contributed by atoms with Crippen LogP contribution < -0.4 is 0 Å². The third-order valence-electron chi connectivity index (χ3n) is 11.2. The molecule has 9 aromatic rings. The molecule has 0 amide bonds. The van der Waals surface area contributed by atoms with Gasteiger partial charge in [-0.25, -0.2) is 0 Å². The average Bonchev–Trinajstić information content (AvgIpc) is 3.71. The number of hydrogen-bond donors (Lipinski definition) is 1. The second-order valence-electron chi connectivity index (χ2n) is 14.7. The molecule has 0 bridgehead atoms. The van der Waals surface area contributed by atoms with Crippen LogP contribution in [0.25, 0.3) is 69.7 Å². The summed E-state index contributed by atoms with van der Waals surface area (Å²) in [4.78, 5) is 5.19. The predicted molar refractivity (Wildman–Crippen MR) is 233 cm³/mol. The molecular formula is C51H36N2S. The smallest absolute Gasteiger partial charge is 0.0723 e. The zero-order valence-corrected chi connectivity index (χ0v) is 30.9. The van der Waals surface area contributed by atoms with Crippen molar-refractivity contribution in [2.75, 3.05) is 0 Å². The lowest BCUT2D eigenvalue weighted by atomic mass is 9.77. The summed E-state index contributed by atoms with van der Waals surface area (Å²) in [5.41, 5.74) is 11.8. The summed E-state index contributed by atoms with van der Waals surface area (Å²) in [5, 5.41) is 16.5. The van der Waals surface area contributed by atoms with Crippen LogP contribution in [0.5, 0.6) is 0 Å². The maximum Gasteiger partial charge on any atom is 0.0723 e. The van der Waals surface area contributed by atoms with Crippen molar-refractivity contribution >= 4 is 70.7 Å². The van der Waals surface area contributed by atoms with E-state index >= 15 is 0 Å². The van der Waals surface area contributed by atoms with Gasteiger partial charge in [0.15, 0.2) is 0 Å². The second kappa shape index (κ2) is 12.6. The molecule has 1 heterocycles. The van der Waals surface area contributed by atoms with Gasteiger partial charge in [0.1, 0.15) is 0 Å².